The Morgan fingerprint density at radius 1 is 1.04 bits per heavy atom. The SMILES string of the molecule is CC(C)(C)OC(=O)NC(Cc1ccccc1)C(=O)NCCc1cccc(F)c1. The second kappa shape index (κ2) is 9.88. The molecule has 0 radical (unpaired) electrons. The average Bonchev–Trinajstić information content (AvgIpc) is 2.60. The van der Waals surface area contributed by atoms with E-state index in [1.165, 1.54) is 12.1 Å². The van der Waals surface area contributed by atoms with E-state index in [1.807, 2.05) is 30.3 Å². The van der Waals surface area contributed by atoms with Crippen LogP contribution < -0.4 is 10.6 Å². The zero-order valence-corrected chi connectivity index (χ0v) is 16.5. The van der Waals surface area contributed by atoms with Gasteiger partial charge in [0.15, 0.2) is 0 Å². The standard InChI is InChI=1S/C22H27FN2O3/c1-22(2,3)28-21(27)25-19(15-16-8-5-4-6-9-16)20(26)24-13-12-17-10-7-11-18(23)14-17/h4-11,14,19H,12-13,15H2,1-3H3,(H,24,26)(H,25,27). The van der Waals surface area contributed by atoms with Gasteiger partial charge in [-0.15, -0.1) is 0 Å². The fourth-order valence-electron chi connectivity index (χ4n) is 2.65. The van der Waals surface area contributed by atoms with Crippen LogP contribution in [0.2, 0.25) is 0 Å². The van der Waals surface area contributed by atoms with Crippen LogP contribution in [-0.2, 0) is 22.4 Å². The van der Waals surface area contributed by atoms with Crippen molar-refractivity contribution >= 4 is 12.0 Å². The van der Waals surface area contributed by atoms with Crippen molar-refractivity contribution in [3.8, 4) is 0 Å². The highest BCUT2D eigenvalue weighted by Crippen LogP contribution is 2.09. The molecule has 0 heterocycles. The van der Waals surface area contributed by atoms with Gasteiger partial charge < -0.3 is 15.4 Å². The third-order valence-electron chi connectivity index (χ3n) is 3.89. The van der Waals surface area contributed by atoms with E-state index >= 15 is 0 Å². The van der Waals surface area contributed by atoms with E-state index in [9.17, 15) is 14.0 Å². The van der Waals surface area contributed by atoms with Crippen molar-refractivity contribution in [3.63, 3.8) is 0 Å². The minimum atomic E-state index is -0.773. The van der Waals surface area contributed by atoms with Gasteiger partial charge in [-0.2, -0.15) is 0 Å². The van der Waals surface area contributed by atoms with E-state index in [1.54, 1.807) is 32.9 Å². The molecular formula is C22H27FN2O3. The van der Waals surface area contributed by atoms with Crippen LogP contribution in [0, 0.1) is 5.82 Å². The molecule has 2 amide bonds. The molecule has 0 aliphatic carbocycles. The topological polar surface area (TPSA) is 67.4 Å². The van der Waals surface area contributed by atoms with E-state index < -0.39 is 17.7 Å². The summed E-state index contributed by atoms with van der Waals surface area (Å²) < 4.78 is 18.5. The molecular weight excluding hydrogens is 359 g/mol. The number of amides is 2. The van der Waals surface area contributed by atoms with Crippen molar-refractivity contribution in [1.29, 1.82) is 0 Å². The Morgan fingerprint density at radius 3 is 2.36 bits per heavy atom. The Morgan fingerprint density at radius 2 is 1.71 bits per heavy atom. The molecule has 0 saturated carbocycles. The smallest absolute Gasteiger partial charge is 0.408 e. The minimum absolute atomic E-state index is 0.308. The molecule has 0 saturated heterocycles. The fourth-order valence-corrected chi connectivity index (χ4v) is 2.65. The van der Waals surface area contributed by atoms with Crippen molar-refractivity contribution in [2.75, 3.05) is 6.54 Å². The predicted molar refractivity (Wildman–Crippen MR) is 106 cm³/mol. The maximum atomic E-state index is 13.3. The van der Waals surface area contributed by atoms with Crippen LogP contribution in [0.25, 0.3) is 0 Å². The molecule has 0 fully saturated rings. The lowest BCUT2D eigenvalue weighted by atomic mass is 10.1. The molecule has 2 aromatic rings. The fraction of sp³-hybridized carbons (Fsp3) is 0.364. The number of alkyl carbamates (subject to hydrolysis) is 1. The van der Waals surface area contributed by atoms with Gasteiger partial charge in [0, 0.05) is 13.0 Å². The molecule has 2 aromatic carbocycles. The first-order chi connectivity index (χ1) is 13.2. The van der Waals surface area contributed by atoms with Crippen LogP contribution in [0.5, 0.6) is 0 Å². The molecule has 1 atom stereocenters. The number of carbonyl (C=O) groups excluding carboxylic acids is 2. The number of benzene rings is 2. The number of hydrogen-bond donors (Lipinski definition) is 2. The van der Waals surface area contributed by atoms with Crippen LogP contribution in [0.15, 0.2) is 54.6 Å². The first-order valence-electron chi connectivity index (χ1n) is 9.28. The quantitative estimate of drug-likeness (QED) is 0.764. The van der Waals surface area contributed by atoms with Gasteiger partial charge >= 0.3 is 6.09 Å². The molecule has 1 unspecified atom stereocenters. The number of nitrogens with one attached hydrogen (secondary N) is 2. The van der Waals surface area contributed by atoms with Gasteiger partial charge in [-0.1, -0.05) is 42.5 Å². The highest BCUT2D eigenvalue weighted by molar-refractivity contribution is 5.86. The Hall–Kier alpha value is -2.89. The zero-order valence-electron chi connectivity index (χ0n) is 16.5. The lowest BCUT2D eigenvalue weighted by Crippen LogP contribution is -2.49. The van der Waals surface area contributed by atoms with Gasteiger partial charge in [0.2, 0.25) is 5.91 Å². The summed E-state index contributed by atoms with van der Waals surface area (Å²) in [5, 5.41) is 5.45. The molecule has 6 heteroatoms. The largest absolute Gasteiger partial charge is 0.444 e. The lowest BCUT2D eigenvalue weighted by molar-refractivity contribution is -0.123. The van der Waals surface area contributed by atoms with Crippen molar-refractivity contribution < 1.29 is 18.7 Å². The second-order valence-electron chi connectivity index (χ2n) is 7.56. The van der Waals surface area contributed by atoms with E-state index in [0.717, 1.165) is 11.1 Å². The zero-order chi connectivity index (χ0) is 20.6. The second-order valence-corrected chi connectivity index (χ2v) is 7.56. The molecule has 0 aromatic heterocycles. The third-order valence-corrected chi connectivity index (χ3v) is 3.89. The number of halogens is 1. The number of ether oxygens (including phenoxy) is 1. The summed E-state index contributed by atoms with van der Waals surface area (Å²) in [6.07, 6.45) is 0.188. The summed E-state index contributed by atoms with van der Waals surface area (Å²) in [6.45, 7) is 5.62. The summed E-state index contributed by atoms with van der Waals surface area (Å²) in [5.74, 6) is -0.622. The molecule has 0 spiro atoms. The summed E-state index contributed by atoms with van der Waals surface area (Å²) in [4.78, 5) is 24.8. The third kappa shape index (κ3) is 7.78. The molecule has 2 N–H and O–H groups in total. The molecule has 5 nitrogen and oxygen atoms in total. The molecule has 28 heavy (non-hydrogen) atoms. The molecule has 150 valence electrons. The van der Waals surface area contributed by atoms with Crippen molar-refractivity contribution in [2.45, 2.75) is 45.3 Å². The van der Waals surface area contributed by atoms with Crippen LogP contribution in [-0.4, -0.2) is 30.2 Å². The average molecular weight is 386 g/mol. The van der Waals surface area contributed by atoms with Crippen molar-refractivity contribution in [1.82, 2.24) is 10.6 Å². The Labute approximate surface area is 165 Å². The molecule has 0 aliphatic rings. The van der Waals surface area contributed by atoms with Gasteiger partial charge in [0.25, 0.3) is 0 Å². The molecule has 0 aliphatic heterocycles. The van der Waals surface area contributed by atoms with Crippen LogP contribution in [0.4, 0.5) is 9.18 Å². The van der Waals surface area contributed by atoms with Gasteiger partial charge in [-0.05, 0) is 50.5 Å². The van der Waals surface area contributed by atoms with Gasteiger partial charge in [-0.3, -0.25) is 4.79 Å². The Bertz CT molecular complexity index is 788. The number of rotatable bonds is 7. The van der Waals surface area contributed by atoms with E-state index in [2.05, 4.69) is 10.6 Å². The van der Waals surface area contributed by atoms with Crippen molar-refractivity contribution in [3.05, 3.63) is 71.5 Å². The Balaban J connectivity index is 1.98. The summed E-state index contributed by atoms with van der Waals surface area (Å²) in [5.41, 5.74) is 1.05. The van der Waals surface area contributed by atoms with E-state index in [-0.39, 0.29) is 11.7 Å². The van der Waals surface area contributed by atoms with Crippen molar-refractivity contribution in [2.24, 2.45) is 0 Å². The lowest BCUT2D eigenvalue weighted by Gasteiger charge is -2.23. The minimum Gasteiger partial charge on any atom is -0.444 e. The Kier molecular flexibility index (Phi) is 7.55. The first kappa shape index (κ1) is 21.4. The van der Waals surface area contributed by atoms with Crippen LogP contribution in [0.3, 0.4) is 0 Å². The summed E-state index contributed by atoms with van der Waals surface area (Å²) in [6, 6.07) is 14.9. The van der Waals surface area contributed by atoms with E-state index in [0.29, 0.717) is 19.4 Å². The maximum Gasteiger partial charge on any atom is 0.408 e. The number of hydrogen-bond acceptors (Lipinski definition) is 3. The molecule has 0 bridgehead atoms. The van der Waals surface area contributed by atoms with Crippen LogP contribution >= 0.6 is 0 Å². The van der Waals surface area contributed by atoms with E-state index in [4.69, 9.17) is 4.74 Å². The monoisotopic (exact) mass is 386 g/mol. The first-order valence-corrected chi connectivity index (χ1v) is 9.28. The van der Waals surface area contributed by atoms with Gasteiger partial charge in [0.05, 0.1) is 0 Å². The summed E-state index contributed by atoms with van der Waals surface area (Å²) >= 11 is 0. The van der Waals surface area contributed by atoms with Gasteiger partial charge in [-0.25, -0.2) is 9.18 Å². The normalized spacial score (nSPS) is 12.1. The molecule has 2 rings (SSSR count). The highest BCUT2D eigenvalue weighted by atomic mass is 19.1. The number of carbonyl (C=O) groups is 2. The summed E-state index contributed by atoms with van der Waals surface area (Å²) in [7, 11) is 0. The van der Waals surface area contributed by atoms with Crippen LogP contribution in [0.1, 0.15) is 31.9 Å². The highest BCUT2D eigenvalue weighted by Gasteiger charge is 2.24. The predicted octanol–water partition coefficient (Wildman–Crippen LogP) is 3.62. The maximum absolute atomic E-state index is 13.3. The van der Waals surface area contributed by atoms with Gasteiger partial charge in [0.1, 0.15) is 17.5 Å².